The minimum Gasteiger partial charge on any atom is -0.394 e. The highest BCUT2D eigenvalue weighted by Crippen LogP contribution is 1.86. The molecule has 0 aliphatic rings. The first-order chi connectivity index (χ1) is 11.0. The molecule has 0 rings (SSSR count). The summed E-state index contributed by atoms with van der Waals surface area (Å²) in [7, 11) is -0.454. The van der Waals surface area contributed by atoms with Crippen LogP contribution in [-0.4, -0.2) is 99.5 Å². The van der Waals surface area contributed by atoms with Crippen LogP contribution in [0.1, 0.15) is 0 Å². The van der Waals surface area contributed by atoms with Crippen LogP contribution in [0.15, 0.2) is 0 Å². The fourth-order valence-electron chi connectivity index (χ4n) is 0.720. The Balaban J connectivity index is -0.000000311. The zero-order chi connectivity index (χ0) is 19.5. The van der Waals surface area contributed by atoms with E-state index in [1.54, 1.807) is 7.11 Å². The van der Waals surface area contributed by atoms with Gasteiger partial charge in [0.1, 0.15) is 0 Å². The number of rotatable bonds is 11. The molecule has 24 heavy (non-hydrogen) atoms. The first-order valence-corrected chi connectivity index (χ1v) is 11.1. The fraction of sp³-hybridized carbons (Fsp3) is 1.00. The van der Waals surface area contributed by atoms with Crippen molar-refractivity contribution < 1.29 is 45.4 Å². The van der Waals surface area contributed by atoms with Crippen molar-refractivity contribution in [2.24, 2.45) is 0 Å². The second-order valence-corrected chi connectivity index (χ2v) is 8.56. The summed E-state index contributed by atoms with van der Waals surface area (Å²) in [4.78, 5) is 0. The van der Waals surface area contributed by atoms with Crippen molar-refractivity contribution in [2.45, 2.75) is 0 Å². The van der Waals surface area contributed by atoms with E-state index in [1.165, 1.54) is 0 Å². The zero-order valence-corrected chi connectivity index (χ0v) is 16.4. The molecule has 0 spiro atoms. The predicted molar refractivity (Wildman–Crippen MR) is 89.2 cm³/mol. The summed E-state index contributed by atoms with van der Waals surface area (Å²) in [6.45, 7) is 1.96. The van der Waals surface area contributed by atoms with Crippen LogP contribution in [0.25, 0.3) is 0 Å². The molecule has 2 N–H and O–H groups in total. The molecular weight excluding hydrogens is 392 g/mol. The Morgan fingerprint density at radius 3 is 1.50 bits per heavy atom. The second kappa shape index (κ2) is 19.3. The molecule has 0 heterocycles. The third-order valence-corrected chi connectivity index (χ3v) is 2.02. The molecule has 0 radical (unpaired) electrons. The molecule has 0 saturated heterocycles. The molecule has 0 aromatic heterocycles. The lowest BCUT2D eigenvalue weighted by molar-refractivity contribution is 0.0556. The van der Waals surface area contributed by atoms with Crippen LogP contribution in [0.5, 0.6) is 0 Å². The van der Waals surface area contributed by atoms with Crippen molar-refractivity contribution in [3.8, 4) is 0 Å². The molecule has 0 aliphatic heterocycles. The molecule has 0 aliphatic carbocycles. The smallest absolute Gasteiger partial charge is 0.264 e. The standard InChI is InChI=1S/C6H14O5S.C4H10O3.CH3ClO2S/c1-9-3-4-10-5-6-11-12(2,7)8;5-1-3-7-4-2-6;1-5(2,3)4/h3-6H2,1-2H3;5-6H,1-4H2;1H3. The number of hydrogen-bond donors (Lipinski definition) is 2. The summed E-state index contributed by atoms with van der Waals surface area (Å²) in [6.07, 6.45) is 1.93. The third kappa shape index (κ3) is 57.4. The van der Waals surface area contributed by atoms with Gasteiger partial charge in [0.2, 0.25) is 9.05 Å². The van der Waals surface area contributed by atoms with Crippen LogP contribution in [-0.2, 0) is 37.6 Å². The molecule has 0 aromatic carbocycles. The fourth-order valence-corrected chi connectivity index (χ4v) is 1.09. The summed E-state index contributed by atoms with van der Waals surface area (Å²) in [5.41, 5.74) is 0. The van der Waals surface area contributed by atoms with Crippen LogP contribution in [0, 0.1) is 0 Å². The Bertz CT molecular complexity index is 426. The van der Waals surface area contributed by atoms with Gasteiger partial charge >= 0.3 is 0 Å². The molecule has 13 heteroatoms. The third-order valence-electron chi connectivity index (χ3n) is 1.43. The van der Waals surface area contributed by atoms with Gasteiger partial charge in [0.25, 0.3) is 10.1 Å². The zero-order valence-electron chi connectivity index (χ0n) is 14.0. The van der Waals surface area contributed by atoms with Crippen LogP contribution in [0.3, 0.4) is 0 Å². The Morgan fingerprint density at radius 1 is 0.792 bits per heavy atom. The van der Waals surface area contributed by atoms with E-state index in [4.69, 9.17) is 19.7 Å². The van der Waals surface area contributed by atoms with E-state index in [-0.39, 0.29) is 26.4 Å². The SMILES string of the molecule is COCCOCCOS(C)(=O)=O.CS(=O)(=O)Cl.OCCOCCO. The predicted octanol–water partition coefficient (Wildman–Crippen LogP) is -1.20. The molecule has 150 valence electrons. The normalized spacial score (nSPS) is 11.1. The molecular formula is C11H27ClO10S2. The molecule has 0 fully saturated rings. The van der Waals surface area contributed by atoms with Gasteiger partial charge in [0, 0.05) is 17.8 Å². The van der Waals surface area contributed by atoms with Crippen LogP contribution < -0.4 is 0 Å². The van der Waals surface area contributed by atoms with E-state index in [2.05, 4.69) is 19.6 Å². The maximum absolute atomic E-state index is 10.4. The van der Waals surface area contributed by atoms with E-state index in [9.17, 15) is 16.8 Å². The monoisotopic (exact) mass is 418 g/mol. The van der Waals surface area contributed by atoms with Crippen LogP contribution in [0.4, 0.5) is 0 Å². The van der Waals surface area contributed by atoms with E-state index in [1.807, 2.05) is 0 Å². The number of aliphatic hydroxyl groups excluding tert-OH is 2. The minimum absolute atomic E-state index is 0.0278. The highest BCUT2D eigenvalue weighted by molar-refractivity contribution is 8.13. The quantitative estimate of drug-likeness (QED) is 0.238. The lowest BCUT2D eigenvalue weighted by Gasteiger charge is -2.02. The van der Waals surface area contributed by atoms with Gasteiger partial charge in [0.05, 0.1) is 65.4 Å². The molecule has 0 atom stereocenters. The Morgan fingerprint density at radius 2 is 1.17 bits per heavy atom. The van der Waals surface area contributed by atoms with E-state index >= 15 is 0 Å². The van der Waals surface area contributed by atoms with Crippen molar-refractivity contribution in [3.05, 3.63) is 0 Å². The van der Waals surface area contributed by atoms with Gasteiger partial charge in [-0.1, -0.05) is 0 Å². The van der Waals surface area contributed by atoms with Crippen LogP contribution in [0.2, 0.25) is 0 Å². The van der Waals surface area contributed by atoms with Crippen molar-refractivity contribution >= 4 is 29.9 Å². The molecule has 0 saturated carbocycles. The van der Waals surface area contributed by atoms with Crippen molar-refractivity contribution in [1.82, 2.24) is 0 Å². The molecule has 0 unspecified atom stereocenters. The maximum atomic E-state index is 10.4. The highest BCUT2D eigenvalue weighted by atomic mass is 35.7. The van der Waals surface area contributed by atoms with E-state index in [0.29, 0.717) is 26.4 Å². The van der Waals surface area contributed by atoms with Crippen molar-refractivity contribution in [1.29, 1.82) is 0 Å². The second-order valence-electron chi connectivity index (χ2n) is 3.87. The summed E-state index contributed by atoms with van der Waals surface area (Å²) in [6, 6.07) is 0. The lowest BCUT2D eigenvalue weighted by Crippen LogP contribution is -2.11. The maximum Gasteiger partial charge on any atom is 0.264 e. The van der Waals surface area contributed by atoms with Gasteiger partial charge < -0.3 is 24.4 Å². The first kappa shape index (κ1) is 28.7. The van der Waals surface area contributed by atoms with E-state index in [0.717, 1.165) is 12.5 Å². The number of halogens is 1. The van der Waals surface area contributed by atoms with Gasteiger partial charge in [-0.2, -0.15) is 8.42 Å². The van der Waals surface area contributed by atoms with Gasteiger partial charge in [-0.15, -0.1) is 0 Å². The lowest BCUT2D eigenvalue weighted by atomic mass is 10.7. The van der Waals surface area contributed by atoms with Crippen LogP contribution >= 0.6 is 10.7 Å². The first-order valence-electron chi connectivity index (χ1n) is 6.58. The number of hydrogen-bond acceptors (Lipinski definition) is 10. The molecule has 10 nitrogen and oxygen atoms in total. The Labute approximate surface area is 148 Å². The summed E-state index contributed by atoms with van der Waals surface area (Å²) < 4.78 is 58.3. The molecule has 0 bridgehead atoms. The average Bonchev–Trinajstić information content (AvgIpc) is 2.41. The number of ether oxygens (including phenoxy) is 3. The Hall–Kier alpha value is -0.0500. The highest BCUT2D eigenvalue weighted by Gasteiger charge is 1.99. The Kier molecular flexibility index (Phi) is 23.1. The van der Waals surface area contributed by atoms with Gasteiger partial charge in [0.15, 0.2) is 0 Å². The molecule has 0 aromatic rings. The van der Waals surface area contributed by atoms with E-state index < -0.39 is 19.2 Å². The minimum atomic E-state index is -3.33. The summed E-state index contributed by atoms with van der Waals surface area (Å²) >= 11 is 0. The van der Waals surface area contributed by atoms with Gasteiger partial charge in [-0.05, 0) is 0 Å². The topological polar surface area (TPSA) is 146 Å². The van der Waals surface area contributed by atoms with Gasteiger partial charge in [-0.25, -0.2) is 8.42 Å². The number of aliphatic hydroxyl groups is 2. The van der Waals surface area contributed by atoms with Gasteiger partial charge in [-0.3, -0.25) is 4.18 Å². The van der Waals surface area contributed by atoms with Crippen molar-refractivity contribution in [3.63, 3.8) is 0 Å². The largest absolute Gasteiger partial charge is 0.394 e. The summed E-state index contributed by atoms with van der Waals surface area (Å²) in [5, 5.41) is 16.2. The summed E-state index contributed by atoms with van der Waals surface area (Å²) in [5.74, 6) is 0. The van der Waals surface area contributed by atoms with Crippen molar-refractivity contribution in [2.75, 3.05) is 72.5 Å². The average molecular weight is 419 g/mol. The number of methoxy groups -OCH3 is 1. The molecule has 0 amide bonds.